The number of nitrogens with one attached hydrogen (secondary N) is 2. The Labute approximate surface area is 225 Å². The van der Waals surface area contributed by atoms with Crippen LogP contribution in [-0.4, -0.2) is 34.9 Å². The summed E-state index contributed by atoms with van der Waals surface area (Å²) in [6.45, 7) is 2.09. The first kappa shape index (κ1) is 25.2. The highest BCUT2D eigenvalue weighted by Gasteiger charge is 2.35. The van der Waals surface area contributed by atoms with Gasteiger partial charge in [0, 0.05) is 27.9 Å². The number of allylic oxidation sites excluding steroid dienone is 1. The summed E-state index contributed by atoms with van der Waals surface area (Å²) in [5.41, 5.74) is 3.20. The van der Waals surface area contributed by atoms with Crippen LogP contribution in [0, 0.1) is 0 Å². The highest BCUT2D eigenvalue weighted by atomic mass is 35.5. The lowest BCUT2D eigenvalue weighted by atomic mass is 9.94. The largest absolute Gasteiger partial charge is 0.497 e. The summed E-state index contributed by atoms with van der Waals surface area (Å²) in [5, 5.41) is 11.2. The van der Waals surface area contributed by atoms with Crippen molar-refractivity contribution in [3.05, 3.63) is 100 Å². The zero-order valence-corrected chi connectivity index (χ0v) is 21.8. The molecule has 0 saturated carbocycles. The molecule has 10 heteroatoms. The number of benzene rings is 3. The summed E-state index contributed by atoms with van der Waals surface area (Å²) in [7, 11) is 3.11. The van der Waals surface area contributed by atoms with Crippen LogP contribution in [0.1, 0.15) is 24.1 Å². The summed E-state index contributed by atoms with van der Waals surface area (Å²) < 4.78 is 18.7. The molecule has 2 heterocycles. The maximum absolute atomic E-state index is 13.8. The molecule has 194 valence electrons. The Balaban J connectivity index is 1.52. The molecule has 4 aromatic rings. The number of para-hydroxylation sites is 1. The lowest BCUT2D eigenvalue weighted by molar-refractivity contribution is -0.113. The first-order valence-corrected chi connectivity index (χ1v) is 12.2. The van der Waals surface area contributed by atoms with Crippen molar-refractivity contribution in [2.75, 3.05) is 24.9 Å². The van der Waals surface area contributed by atoms with Crippen LogP contribution in [0.2, 0.25) is 5.02 Å². The number of halogens is 1. The Hall–Kier alpha value is -4.50. The fourth-order valence-corrected chi connectivity index (χ4v) is 4.56. The Morgan fingerprint density at radius 2 is 1.84 bits per heavy atom. The normalized spacial score (nSPS) is 14.4. The van der Waals surface area contributed by atoms with Crippen molar-refractivity contribution >= 4 is 29.1 Å². The van der Waals surface area contributed by atoms with E-state index in [1.165, 1.54) is 13.4 Å². The van der Waals surface area contributed by atoms with E-state index in [-0.39, 0.29) is 12.5 Å². The van der Waals surface area contributed by atoms with Crippen LogP contribution in [0.15, 0.2) is 84.3 Å². The van der Waals surface area contributed by atoms with Gasteiger partial charge in [0.1, 0.15) is 36.2 Å². The second kappa shape index (κ2) is 10.9. The standard InChI is InChI=1S/C28H26ClN5O4/c1-17-25(27(35)33-22-13-12-19(36-2)14-24(22)37-3)26(34-28(32-17)30-16-31-34)20-9-5-7-11-23(20)38-15-18-8-4-6-10-21(18)29/h4-14,16,26H,15H2,1-3H3,(H,33,35)(H,30,31,32)/t26-/m1/s1. The Morgan fingerprint density at radius 1 is 1.05 bits per heavy atom. The molecule has 38 heavy (non-hydrogen) atoms. The van der Waals surface area contributed by atoms with E-state index in [1.807, 2.05) is 55.5 Å². The molecule has 1 aliphatic rings. The van der Waals surface area contributed by atoms with Crippen LogP contribution >= 0.6 is 11.6 Å². The van der Waals surface area contributed by atoms with Crippen molar-refractivity contribution in [2.45, 2.75) is 19.6 Å². The van der Waals surface area contributed by atoms with Crippen molar-refractivity contribution in [3.8, 4) is 17.2 Å². The predicted molar refractivity (Wildman–Crippen MR) is 145 cm³/mol. The summed E-state index contributed by atoms with van der Waals surface area (Å²) >= 11 is 6.35. The zero-order valence-electron chi connectivity index (χ0n) is 21.1. The molecule has 5 rings (SSSR count). The molecule has 3 aromatic carbocycles. The van der Waals surface area contributed by atoms with Crippen LogP contribution in [0.25, 0.3) is 0 Å². The van der Waals surface area contributed by atoms with Gasteiger partial charge in [-0.05, 0) is 31.2 Å². The van der Waals surface area contributed by atoms with Crippen LogP contribution in [-0.2, 0) is 11.4 Å². The van der Waals surface area contributed by atoms with E-state index in [4.69, 9.17) is 25.8 Å². The minimum absolute atomic E-state index is 0.263. The van der Waals surface area contributed by atoms with Crippen LogP contribution < -0.4 is 24.8 Å². The topological polar surface area (TPSA) is 99.5 Å². The second-order valence-electron chi connectivity index (χ2n) is 8.53. The first-order chi connectivity index (χ1) is 18.5. The third-order valence-corrected chi connectivity index (χ3v) is 6.62. The molecule has 0 aliphatic carbocycles. The fraction of sp³-hybridized carbons (Fsp3) is 0.179. The van der Waals surface area contributed by atoms with E-state index in [0.717, 1.165) is 11.1 Å². The summed E-state index contributed by atoms with van der Waals surface area (Å²) in [4.78, 5) is 18.2. The average Bonchev–Trinajstić information content (AvgIpc) is 3.40. The number of rotatable bonds is 8. The number of fused-ring (bicyclic) bond motifs is 1. The smallest absolute Gasteiger partial charge is 0.255 e. The molecule has 0 fully saturated rings. The van der Waals surface area contributed by atoms with E-state index in [9.17, 15) is 4.79 Å². The molecule has 1 aromatic heterocycles. The number of carbonyl (C=O) groups excluding carboxylic acids is 1. The van der Waals surface area contributed by atoms with Gasteiger partial charge in [-0.25, -0.2) is 4.68 Å². The van der Waals surface area contributed by atoms with Gasteiger partial charge in [-0.3, -0.25) is 4.79 Å². The van der Waals surface area contributed by atoms with Gasteiger partial charge in [-0.15, -0.1) is 0 Å². The third kappa shape index (κ3) is 4.88. The molecule has 9 nitrogen and oxygen atoms in total. The van der Waals surface area contributed by atoms with Crippen molar-refractivity contribution in [1.29, 1.82) is 0 Å². The quantitative estimate of drug-likeness (QED) is 0.311. The molecule has 1 atom stereocenters. The van der Waals surface area contributed by atoms with E-state index in [2.05, 4.69) is 20.7 Å². The van der Waals surface area contributed by atoms with Crippen molar-refractivity contribution in [1.82, 2.24) is 14.8 Å². The van der Waals surface area contributed by atoms with Crippen LogP contribution in [0.4, 0.5) is 11.6 Å². The molecule has 0 unspecified atom stereocenters. The molecular weight excluding hydrogens is 506 g/mol. The number of hydrogen-bond acceptors (Lipinski definition) is 7. The molecule has 1 amide bonds. The van der Waals surface area contributed by atoms with Crippen molar-refractivity contribution in [2.24, 2.45) is 0 Å². The van der Waals surface area contributed by atoms with Crippen LogP contribution in [0.3, 0.4) is 0 Å². The molecule has 0 radical (unpaired) electrons. The fourth-order valence-electron chi connectivity index (χ4n) is 4.37. The maximum Gasteiger partial charge on any atom is 0.255 e. The van der Waals surface area contributed by atoms with Gasteiger partial charge in [0.25, 0.3) is 5.91 Å². The lowest BCUT2D eigenvalue weighted by Crippen LogP contribution is -2.31. The zero-order chi connectivity index (χ0) is 26.6. The van der Waals surface area contributed by atoms with Gasteiger partial charge in [0.2, 0.25) is 5.95 Å². The van der Waals surface area contributed by atoms with E-state index in [0.29, 0.717) is 45.2 Å². The molecular formula is C28H26ClN5O4. The van der Waals surface area contributed by atoms with Gasteiger partial charge >= 0.3 is 0 Å². The lowest BCUT2D eigenvalue weighted by Gasteiger charge is -2.30. The van der Waals surface area contributed by atoms with Crippen LogP contribution in [0.5, 0.6) is 17.2 Å². The minimum atomic E-state index is -0.611. The number of amides is 1. The number of anilines is 2. The average molecular weight is 532 g/mol. The molecule has 0 spiro atoms. The number of aromatic nitrogens is 3. The Bertz CT molecular complexity index is 1520. The number of carbonyl (C=O) groups is 1. The minimum Gasteiger partial charge on any atom is -0.497 e. The van der Waals surface area contributed by atoms with Gasteiger partial charge in [-0.2, -0.15) is 10.1 Å². The van der Waals surface area contributed by atoms with Crippen molar-refractivity contribution in [3.63, 3.8) is 0 Å². The van der Waals surface area contributed by atoms with E-state index in [1.54, 1.807) is 30.0 Å². The number of hydrogen-bond donors (Lipinski definition) is 2. The molecule has 2 N–H and O–H groups in total. The SMILES string of the molecule is COc1ccc(NC(=O)C2=C(C)Nc3ncnn3[C@@H]2c2ccccc2OCc2ccccc2Cl)c(OC)c1. The van der Waals surface area contributed by atoms with Gasteiger partial charge < -0.3 is 24.8 Å². The summed E-state index contributed by atoms with van der Waals surface area (Å²) in [5.74, 6) is 1.88. The first-order valence-electron chi connectivity index (χ1n) is 11.9. The number of methoxy groups -OCH3 is 2. The molecule has 0 saturated heterocycles. The summed E-state index contributed by atoms with van der Waals surface area (Å²) in [6, 6.07) is 19.7. The van der Waals surface area contributed by atoms with Crippen molar-refractivity contribution < 1.29 is 19.0 Å². The molecule has 0 bridgehead atoms. The highest BCUT2D eigenvalue weighted by Crippen LogP contribution is 2.40. The Morgan fingerprint density at radius 3 is 2.63 bits per heavy atom. The van der Waals surface area contributed by atoms with E-state index < -0.39 is 6.04 Å². The second-order valence-corrected chi connectivity index (χ2v) is 8.94. The van der Waals surface area contributed by atoms with E-state index >= 15 is 0 Å². The molecule has 1 aliphatic heterocycles. The number of ether oxygens (including phenoxy) is 3. The summed E-state index contributed by atoms with van der Waals surface area (Å²) in [6.07, 6.45) is 1.45. The van der Waals surface area contributed by atoms with Gasteiger partial charge in [-0.1, -0.05) is 48.0 Å². The maximum atomic E-state index is 13.8. The monoisotopic (exact) mass is 531 g/mol. The number of nitrogens with zero attached hydrogens (tertiary/aromatic N) is 3. The highest BCUT2D eigenvalue weighted by molar-refractivity contribution is 6.31. The third-order valence-electron chi connectivity index (χ3n) is 6.25. The predicted octanol–water partition coefficient (Wildman–Crippen LogP) is 5.46. The Kier molecular flexibility index (Phi) is 7.19. The van der Waals surface area contributed by atoms with Gasteiger partial charge in [0.05, 0.1) is 25.5 Å². The van der Waals surface area contributed by atoms with Gasteiger partial charge in [0.15, 0.2) is 0 Å².